The average molecular weight is 445 g/mol. The summed E-state index contributed by atoms with van der Waals surface area (Å²) in [7, 11) is 1.27. The van der Waals surface area contributed by atoms with Gasteiger partial charge in [-0.15, -0.1) is 0 Å². The molecule has 0 radical (unpaired) electrons. The number of alkyl halides is 3. The number of benzene rings is 2. The Labute approximate surface area is 180 Å². The fourth-order valence-corrected chi connectivity index (χ4v) is 3.77. The van der Waals surface area contributed by atoms with Gasteiger partial charge < -0.3 is 9.72 Å². The van der Waals surface area contributed by atoms with Gasteiger partial charge in [-0.25, -0.2) is 9.78 Å². The lowest BCUT2D eigenvalue weighted by molar-refractivity contribution is -0.137. The molecule has 2 heterocycles. The van der Waals surface area contributed by atoms with Crippen LogP contribution in [0.1, 0.15) is 27.3 Å². The molecular weight excluding hydrogens is 429 g/mol. The van der Waals surface area contributed by atoms with Crippen molar-refractivity contribution >= 4 is 28.5 Å². The Morgan fingerprint density at radius 3 is 2.52 bits per heavy atom. The Kier molecular flexibility index (Phi) is 5.45. The Morgan fingerprint density at radius 1 is 1.10 bits per heavy atom. The number of nitrogens with one attached hydrogen (secondary N) is 1. The van der Waals surface area contributed by atoms with Crippen molar-refractivity contribution in [1.29, 1.82) is 0 Å². The van der Waals surface area contributed by atoms with Crippen LogP contribution in [0, 0.1) is 0 Å². The molecule has 0 bridgehead atoms. The lowest BCUT2D eigenvalue weighted by Gasteiger charge is -2.09. The van der Waals surface area contributed by atoms with E-state index in [1.165, 1.54) is 19.2 Å². The van der Waals surface area contributed by atoms with Gasteiger partial charge in [0.1, 0.15) is 5.69 Å². The van der Waals surface area contributed by atoms with Gasteiger partial charge in [0.05, 0.1) is 23.4 Å². The van der Waals surface area contributed by atoms with E-state index in [9.17, 15) is 18.0 Å². The van der Waals surface area contributed by atoms with Crippen molar-refractivity contribution in [2.75, 3.05) is 7.11 Å². The zero-order valence-corrected chi connectivity index (χ0v) is 17.0. The van der Waals surface area contributed by atoms with Crippen molar-refractivity contribution in [1.82, 2.24) is 9.97 Å². The van der Waals surface area contributed by atoms with Crippen LogP contribution in [0.5, 0.6) is 0 Å². The molecule has 2 aromatic carbocycles. The predicted molar refractivity (Wildman–Crippen MR) is 112 cm³/mol. The fourth-order valence-electron chi connectivity index (χ4n) is 3.50. The maximum atomic E-state index is 13.4. The molecule has 0 aliphatic heterocycles. The van der Waals surface area contributed by atoms with Crippen molar-refractivity contribution in [3.8, 4) is 11.3 Å². The van der Waals surface area contributed by atoms with E-state index >= 15 is 0 Å². The third kappa shape index (κ3) is 4.14. The van der Waals surface area contributed by atoms with E-state index in [1.807, 2.05) is 30.3 Å². The van der Waals surface area contributed by atoms with Crippen molar-refractivity contribution in [2.24, 2.45) is 0 Å². The SMILES string of the molecule is COC(=O)c1cccc(Cc2c(-c3ccccc3)[nH]c3cc(C(F)(F)F)c(Cl)cc23)n1. The molecule has 0 aliphatic rings. The second-order valence-corrected chi connectivity index (χ2v) is 7.31. The first-order valence-corrected chi connectivity index (χ1v) is 9.66. The number of rotatable bonds is 4. The minimum atomic E-state index is -4.57. The number of nitrogens with zero attached hydrogens (tertiary/aromatic N) is 1. The first kappa shape index (κ1) is 20.9. The van der Waals surface area contributed by atoms with Gasteiger partial charge in [0.25, 0.3) is 0 Å². The fraction of sp³-hybridized carbons (Fsp3) is 0.130. The summed E-state index contributed by atoms with van der Waals surface area (Å²) in [5, 5.41) is 0.179. The van der Waals surface area contributed by atoms with Gasteiger partial charge in [0.2, 0.25) is 0 Å². The molecule has 0 saturated carbocycles. The number of pyridine rings is 1. The van der Waals surface area contributed by atoms with Crippen LogP contribution in [0.15, 0.2) is 60.7 Å². The Morgan fingerprint density at radius 2 is 1.84 bits per heavy atom. The molecule has 4 nitrogen and oxygen atoms in total. The minimum Gasteiger partial charge on any atom is -0.464 e. The highest BCUT2D eigenvalue weighted by Crippen LogP contribution is 2.40. The molecule has 158 valence electrons. The Balaban J connectivity index is 1.90. The van der Waals surface area contributed by atoms with Gasteiger partial charge >= 0.3 is 12.1 Å². The maximum absolute atomic E-state index is 13.4. The third-order valence-corrected chi connectivity index (χ3v) is 5.23. The molecular formula is C23H16ClF3N2O2. The zero-order valence-electron chi connectivity index (χ0n) is 16.3. The number of hydrogen-bond acceptors (Lipinski definition) is 3. The summed E-state index contributed by atoms with van der Waals surface area (Å²) in [6.07, 6.45) is -4.30. The van der Waals surface area contributed by atoms with E-state index in [1.54, 1.807) is 12.1 Å². The van der Waals surface area contributed by atoms with Crippen LogP contribution in [0.4, 0.5) is 13.2 Å². The summed E-state index contributed by atoms with van der Waals surface area (Å²) in [5.41, 5.74) is 2.33. The zero-order chi connectivity index (χ0) is 22.2. The van der Waals surface area contributed by atoms with Crippen molar-refractivity contribution in [3.05, 3.63) is 88.2 Å². The molecule has 0 unspecified atom stereocenters. The molecule has 0 spiro atoms. The highest BCUT2D eigenvalue weighted by atomic mass is 35.5. The highest BCUT2D eigenvalue weighted by molar-refractivity contribution is 6.32. The average Bonchev–Trinajstić information content (AvgIpc) is 3.10. The van der Waals surface area contributed by atoms with Gasteiger partial charge in [-0.3, -0.25) is 0 Å². The quantitative estimate of drug-likeness (QED) is 0.377. The molecule has 31 heavy (non-hydrogen) atoms. The molecule has 0 fully saturated rings. The lowest BCUT2D eigenvalue weighted by atomic mass is 10.00. The van der Waals surface area contributed by atoms with E-state index in [0.717, 1.165) is 17.2 Å². The number of ether oxygens (including phenoxy) is 1. The van der Waals surface area contributed by atoms with E-state index in [-0.39, 0.29) is 17.1 Å². The molecule has 4 rings (SSSR count). The van der Waals surface area contributed by atoms with Gasteiger partial charge in [-0.05, 0) is 35.4 Å². The molecule has 2 aromatic heterocycles. The first-order chi connectivity index (χ1) is 14.8. The van der Waals surface area contributed by atoms with Crippen molar-refractivity contribution in [3.63, 3.8) is 0 Å². The number of fused-ring (bicyclic) bond motifs is 1. The van der Waals surface area contributed by atoms with E-state index < -0.39 is 17.7 Å². The topological polar surface area (TPSA) is 55.0 Å². The number of halogens is 4. The van der Waals surface area contributed by atoms with Crippen LogP contribution in [0.25, 0.3) is 22.2 Å². The van der Waals surface area contributed by atoms with Crippen LogP contribution in [-0.2, 0) is 17.3 Å². The second kappa shape index (κ2) is 8.07. The summed E-state index contributed by atoms with van der Waals surface area (Å²) in [6, 6.07) is 16.6. The number of aromatic amines is 1. The largest absolute Gasteiger partial charge is 0.464 e. The Bertz CT molecular complexity index is 1270. The molecule has 0 amide bonds. The van der Waals surface area contributed by atoms with E-state index in [4.69, 9.17) is 16.3 Å². The molecule has 0 atom stereocenters. The van der Waals surface area contributed by atoms with Gasteiger partial charge in [0.15, 0.2) is 0 Å². The van der Waals surface area contributed by atoms with E-state index in [2.05, 4.69) is 9.97 Å². The predicted octanol–water partition coefficient (Wildman–Crippen LogP) is 6.28. The number of H-pyrrole nitrogens is 1. The summed E-state index contributed by atoms with van der Waals surface area (Å²) in [6.45, 7) is 0. The van der Waals surface area contributed by atoms with E-state index in [0.29, 0.717) is 22.3 Å². The van der Waals surface area contributed by atoms with Gasteiger partial charge in [0, 0.05) is 23.0 Å². The van der Waals surface area contributed by atoms with Crippen molar-refractivity contribution < 1.29 is 22.7 Å². The van der Waals surface area contributed by atoms with Gasteiger partial charge in [-0.1, -0.05) is 48.0 Å². The number of aromatic nitrogens is 2. The van der Waals surface area contributed by atoms with Crippen LogP contribution < -0.4 is 0 Å². The van der Waals surface area contributed by atoms with Crippen LogP contribution in [-0.4, -0.2) is 23.0 Å². The maximum Gasteiger partial charge on any atom is 0.417 e. The summed E-state index contributed by atoms with van der Waals surface area (Å²) in [5.74, 6) is -0.568. The van der Waals surface area contributed by atoms with Crippen LogP contribution in [0.2, 0.25) is 5.02 Å². The summed E-state index contributed by atoms with van der Waals surface area (Å²) in [4.78, 5) is 19.3. The number of carbonyl (C=O) groups excluding carboxylic acids is 1. The number of esters is 1. The second-order valence-electron chi connectivity index (χ2n) is 6.90. The molecule has 0 aliphatic carbocycles. The third-order valence-electron chi connectivity index (χ3n) is 4.92. The molecule has 4 aromatic rings. The molecule has 1 N–H and O–H groups in total. The summed E-state index contributed by atoms with van der Waals surface area (Å²) < 4.78 is 44.8. The lowest BCUT2D eigenvalue weighted by Crippen LogP contribution is -2.06. The minimum absolute atomic E-state index is 0.151. The molecule has 8 heteroatoms. The normalized spacial score (nSPS) is 11.6. The standard InChI is InChI=1S/C23H16ClF3N2O2/c1-31-22(30)19-9-5-8-14(28-19)10-16-15-11-18(24)17(23(25,26)27)12-20(15)29-21(16)13-6-3-2-4-7-13/h2-9,11-12,29H,10H2,1H3. The van der Waals surface area contributed by atoms with Crippen LogP contribution >= 0.6 is 11.6 Å². The monoisotopic (exact) mass is 444 g/mol. The first-order valence-electron chi connectivity index (χ1n) is 9.29. The van der Waals surface area contributed by atoms with Crippen LogP contribution in [0.3, 0.4) is 0 Å². The highest BCUT2D eigenvalue weighted by Gasteiger charge is 2.34. The number of carbonyl (C=O) groups is 1. The molecule has 0 saturated heterocycles. The van der Waals surface area contributed by atoms with Gasteiger partial charge in [-0.2, -0.15) is 13.2 Å². The Hall–Kier alpha value is -3.32. The van der Waals surface area contributed by atoms with Crippen molar-refractivity contribution in [2.45, 2.75) is 12.6 Å². The number of hydrogen-bond donors (Lipinski definition) is 1. The summed E-state index contributed by atoms with van der Waals surface area (Å²) >= 11 is 5.99. The smallest absolute Gasteiger partial charge is 0.417 e. The number of methoxy groups -OCH3 is 1.